The third-order valence-electron chi connectivity index (χ3n) is 8.00. The highest BCUT2D eigenvalue weighted by Crippen LogP contribution is 2.44. The molecule has 2 aromatic carbocycles. The molecule has 1 aromatic heterocycles. The average Bonchev–Trinajstić information content (AvgIpc) is 3.53. The summed E-state index contributed by atoms with van der Waals surface area (Å²) in [5.74, 6) is -1.03. The number of rotatable bonds is 3. The molecule has 3 aromatic rings. The molecule has 2 amide bonds. The van der Waals surface area contributed by atoms with Crippen LogP contribution < -0.4 is 10.2 Å². The van der Waals surface area contributed by atoms with Crippen molar-refractivity contribution in [3.05, 3.63) is 83.1 Å². The summed E-state index contributed by atoms with van der Waals surface area (Å²) in [6.45, 7) is 0. The Labute approximate surface area is 219 Å². The van der Waals surface area contributed by atoms with Crippen LogP contribution >= 0.6 is 12.4 Å². The third-order valence-corrected chi connectivity index (χ3v) is 8.00. The molecular weight excluding hydrogens is 493 g/mol. The maximum Gasteiger partial charge on any atom is 0.261 e. The molecular formula is C29H25ClFN3O3. The van der Waals surface area contributed by atoms with Crippen LogP contribution in [0.4, 0.5) is 10.1 Å². The number of benzene rings is 2. The van der Waals surface area contributed by atoms with Crippen molar-refractivity contribution in [2.24, 2.45) is 10.9 Å². The van der Waals surface area contributed by atoms with Crippen molar-refractivity contribution in [3.63, 3.8) is 0 Å². The van der Waals surface area contributed by atoms with E-state index in [0.717, 1.165) is 17.7 Å². The molecule has 1 unspecified atom stereocenters. The minimum Gasteiger partial charge on any atom is -0.464 e. The Morgan fingerprint density at radius 2 is 1.81 bits per heavy atom. The fraction of sp³-hybridized carbons (Fsp3) is 0.276. The van der Waals surface area contributed by atoms with Gasteiger partial charge in [0, 0.05) is 35.0 Å². The number of amides is 2. The van der Waals surface area contributed by atoms with Gasteiger partial charge >= 0.3 is 0 Å². The first kappa shape index (κ1) is 23.7. The number of hydrogen-bond donors (Lipinski definition) is 1. The lowest BCUT2D eigenvalue weighted by Crippen LogP contribution is -2.36. The first-order valence-electron chi connectivity index (χ1n) is 12.5. The van der Waals surface area contributed by atoms with Crippen LogP contribution in [0.15, 0.2) is 70.0 Å². The topological polar surface area (TPSA) is 74.9 Å². The van der Waals surface area contributed by atoms with Crippen LogP contribution in [0.1, 0.15) is 48.8 Å². The fourth-order valence-corrected chi connectivity index (χ4v) is 6.46. The van der Waals surface area contributed by atoms with Gasteiger partial charge in [-0.2, -0.15) is 0 Å². The number of hydrogen-bond acceptors (Lipinski definition) is 5. The third kappa shape index (κ3) is 3.63. The van der Waals surface area contributed by atoms with Crippen molar-refractivity contribution in [1.29, 1.82) is 0 Å². The van der Waals surface area contributed by atoms with Crippen molar-refractivity contribution in [2.45, 2.75) is 44.6 Å². The number of para-hydroxylation sites is 1. The number of anilines is 1. The molecule has 188 valence electrons. The van der Waals surface area contributed by atoms with E-state index < -0.39 is 17.6 Å². The number of imide groups is 1. The van der Waals surface area contributed by atoms with Gasteiger partial charge < -0.3 is 9.32 Å². The van der Waals surface area contributed by atoms with Crippen LogP contribution in [-0.2, 0) is 16.0 Å². The van der Waals surface area contributed by atoms with Crippen LogP contribution in [0, 0.1) is 11.7 Å². The summed E-state index contributed by atoms with van der Waals surface area (Å²) in [4.78, 5) is 33.3. The number of furan rings is 1. The summed E-state index contributed by atoms with van der Waals surface area (Å²) < 4.78 is 20.1. The predicted molar refractivity (Wildman–Crippen MR) is 142 cm³/mol. The van der Waals surface area contributed by atoms with Gasteiger partial charge in [-0.25, -0.2) is 4.39 Å². The van der Waals surface area contributed by atoms with Gasteiger partial charge in [0.2, 0.25) is 0 Å². The Bertz CT molecular complexity index is 1550. The number of nitrogens with zero attached hydrogens (tertiary/aromatic N) is 2. The summed E-state index contributed by atoms with van der Waals surface area (Å²) in [7, 11) is 0. The molecule has 1 atom stereocenters. The van der Waals surface area contributed by atoms with Crippen LogP contribution in [0.2, 0.25) is 0 Å². The van der Waals surface area contributed by atoms with E-state index in [4.69, 9.17) is 9.41 Å². The molecule has 1 N–H and O–H groups in total. The summed E-state index contributed by atoms with van der Waals surface area (Å²) in [5.41, 5.74) is 4.31. The lowest BCUT2D eigenvalue weighted by Gasteiger charge is -2.33. The van der Waals surface area contributed by atoms with E-state index in [1.165, 1.54) is 56.1 Å². The van der Waals surface area contributed by atoms with Gasteiger partial charge in [-0.3, -0.25) is 19.9 Å². The van der Waals surface area contributed by atoms with E-state index in [1.807, 2.05) is 18.3 Å². The van der Waals surface area contributed by atoms with Gasteiger partial charge in [0.25, 0.3) is 11.8 Å². The molecule has 8 heteroatoms. The van der Waals surface area contributed by atoms with E-state index in [9.17, 15) is 14.0 Å². The Hall–Kier alpha value is -3.71. The first-order valence-corrected chi connectivity index (χ1v) is 12.5. The number of fused-ring (bicyclic) bond motifs is 1. The normalized spacial score (nSPS) is 21.2. The average molecular weight is 518 g/mol. The summed E-state index contributed by atoms with van der Waals surface area (Å²) >= 11 is 0. The predicted octanol–water partition coefficient (Wildman–Crippen LogP) is 5.69. The quantitative estimate of drug-likeness (QED) is 0.453. The number of nitrogens with one attached hydrogen (secondary N) is 1. The van der Waals surface area contributed by atoms with Gasteiger partial charge in [0.05, 0.1) is 28.8 Å². The van der Waals surface area contributed by atoms with Gasteiger partial charge in [-0.15, -0.1) is 12.4 Å². The molecule has 1 aliphatic carbocycles. The van der Waals surface area contributed by atoms with Crippen molar-refractivity contribution < 1.29 is 18.4 Å². The molecule has 3 aliphatic heterocycles. The SMILES string of the molecule is Cl.O=C1NC(=O)C(c2cc(F)cc3ccoc23)=C1C1=NC=CN2c3c(cccc31)CC2C1CCCCC1. The van der Waals surface area contributed by atoms with Crippen LogP contribution in [0.3, 0.4) is 0 Å². The Morgan fingerprint density at radius 1 is 1.00 bits per heavy atom. The standard InChI is InChI=1S/C29H24FN3O3.ClH/c30-19-13-18-9-12-36-27(18)21(15-19)23-24(29(35)32-28(23)34)25-20-8-4-7-17-14-22(16-5-2-1-3-6-16)33(26(17)20)11-10-31-25;/h4,7-13,15-16,22H,1-3,5-6,14H2,(H,32,34,35);1H. The summed E-state index contributed by atoms with van der Waals surface area (Å²) in [5, 5.41) is 2.93. The van der Waals surface area contributed by atoms with Crippen LogP contribution in [-0.4, -0.2) is 23.6 Å². The van der Waals surface area contributed by atoms with Crippen molar-refractivity contribution in [2.75, 3.05) is 4.90 Å². The number of carbonyl (C=O) groups excluding carboxylic acids is 2. The molecule has 0 bridgehead atoms. The largest absolute Gasteiger partial charge is 0.464 e. The molecule has 0 saturated heterocycles. The second-order valence-corrected chi connectivity index (χ2v) is 9.99. The monoisotopic (exact) mass is 517 g/mol. The second kappa shape index (κ2) is 8.99. The van der Waals surface area contributed by atoms with Crippen LogP contribution in [0.5, 0.6) is 0 Å². The zero-order valence-corrected chi connectivity index (χ0v) is 20.8. The second-order valence-electron chi connectivity index (χ2n) is 9.99. The van der Waals surface area contributed by atoms with E-state index in [2.05, 4.69) is 16.3 Å². The summed E-state index contributed by atoms with van der Waals surface area (Å²) in [6, 6.07) is 10.7. The maximum atomic E-state index is 14.5. The Kier molecular flexibility index (Phi) is 5.75. The first-order chi connectivity index (χ1) is 17.6. The molecule has 37 heavy (non-hydrogen) atoms. The molecule has 4 heterocycles. The maximum absolute atomic E-state index is 14.5. The van der Waals surface area contributed by atoms with E-state index in [1.54, 1.807) is 12.3 Å². The highest BCUT2D eigenvalue weighted by molar-refractivity contribution is 6.48. The zero-order chi connectivity index (χ0) is 24.4. The highest BCUT2D eigenvalue weighted by atomic mass is 35.5. The minimum absolute atomic E-state index is 0. The number of halogens is 2. The smallest absolute Gasteiger partial charge is 0.261 e. The van der Waals surface area contributed by atoms with E-state index >= 15 is 0 Å². The highest BCUT2D eigenvalue weighted by Gasteiger charge is 2.41. The molecule has 7 rings (SSSR count). The molecule has 0 radical (unpaired) electrons. The fourth-order valence-electron chi connectivity index (χ4n) is 6.46. The van der Waals surface area contributed by atoms with Gasteiger partial charge in [0.15, 0.2) is 0 Å². The Balaban J connectivity index is 0.00000252. The van der Waals surface area contributed by atoms with E-state index in [0.29, 0.717) is 28.6 Å². The van der Waals surface area contributed by atoms with Gasteiger partial charge in [0.1, 0.15) is 11.4 Å². The number of carbonyl (C=O) groups is 2. The summed E-state index contributed by atoms with van der Waals surface area (Å²) in [6.07, 6.45) is 12.4. The molecule has 0 spiro atoms. The molecule has 1 fully saturated rings. The van der Waals surface area contributed by atoms with Gasteiger partial charge in [-0.1, -0.05) is 37.5 Å². The Morgan fingerprint density at radius 3 is 2.65 bits per heavy atom. The molecule has 1 saturated carbocycles. The lowest BCUT2D eigenvalue weighted by molar-refractivity contribution is -0.123. The lowest BCUT2D eigenvalue weighted by atomic mass is 9.82. The van der Waals surface area contributed by atoms with Crippen molar-refractivity contribution in [3.8, 4) is 0 Å². The molecule has 4 aliphatic rings. The van der Waals surface area contributed by atoms with Crippen LogP contribution in [0.25, 0.3) is 16.5 Å². The van der Waals surface area contributed by atoms with Crippen molar-refractivity contribution in [1.82, 2.24) is 5.32 Å². The minimum atomic E-state index is -0.584. The van der Waals surface area contributed by atoms with Crippen molar-refractivity contribution >= 4 is 52.2 Å². The number of aliphatic imine (C=N–C) groups is 1. The molecule has 6 nitrogen and oxygen atoms in total. The van der Waals surface area contributed by atoms with Gasteiger partial charge in [-0.05, 0) is 48.9 Å². The zero-order valence-electron chi connectivity index (χ0n) is 20.0. The van der Waals surface area contributed by atoms with E-state index in [-0.39, 0.29) is 29.1 Å².